The van der Waals surface area contributed by atoms with Crippen LogP contribution >= 0.6 is 11.6 Å². The van der Waals surface area contributed by atoms with Gasteiger partial charge in [-0.15, -0.1) is 0 Å². The molecule has 2 atom stereocenters. The number of anilines is 1. The van der Waals surface area contributed by atoms with E-state index in [2.05, 4.69) is 17.3 Å². The van der Waals surface area contributed by atoms with Crippen LogP contribution in [0.2, 0.25) is 5.02 Å². The fraction of sp³-hybridized carbons (Fsp3) is 0.714. The molecular formula is C14H22ClN3O. The van der Waals surface area contributed by atoms with Crippen LogP contribution in [-0.4, -0.2) is 15.8 Å². The first-order valence-electron chi connectivity index (χ1n) is 7.15. The predicted molar refractivity (Wildman–Crippen MR) is 78.8 cm³/mol. The van der Waals surface area contributed by atoms with Gasteiger partial charge in [-0.05, 0) is 25.7 Å². The normalized spacial score (nSPS) is 23.9. The van der Waals surface area contributed by atoms with Crippen LogP contribution in [0.4, 0.5) is 5.69 Å². The summed E-state index contributed by atoms with van der Waals surface area (Å²) in [6.45, 7) is 4.68. The van der Waals surface area contributed by atoms with Gasteiger partial charge in [-0.2, -0.15) is 5.10 Å². The monoisotopic (exact) mass is 283 g/mol. The highest BCUT2D eigenvalue weighted by molar-refractivity contribution is 6.32. The Morgan fingerprint density at radius 1 is 1.42 bits per heavy atom. The molecular weight excluding hydrogens is 262 g/mol. The van der Waals surface area contributed by atoms with E-state index in [0.717, 1.165) is 6.42 Å². The molecule has 1 N–H and O–H groups in total. The first kappa shape index (κ1) is 14.4. The van der Waals surface area contributed by atoms with Crippen LogP contribution < -0.4 is 10.9 Å². The van der Waals surface area contributed by atoms with Gasteiger partial charge in [0.2, 0.25) is 0 Å². The molecule has 5 heteroatoms. The molecule has 106 valence electrons. The van der Waals surface area contributed by atoms with Crippen LogP contribution in [0.25, 0.3) is 0 Å². The van der Waals surface area contributed by atoms with Crippen molar-refractivity contribution in [2.45, 2.75) is 58.5 Å². The van der Waals surface area contributed by atoms with E-state index in [1.165, 1.54) is 30.4 Å². The molecule has 2 rings (SSSR count). The molecule has 0 saturated heterocycles. The minimum atomic E-state index is -0.213. The molecule has 0 spiro atoms. The van der Waals surface area contributed by atoms with Crippen molar-refractivity contribution >= 4 is 17.3 Å². The standard InChI is InChI=1S/C14H22ClN3O/c1-3-18-14(19)13(15)12(9-16-18)17-11-8-6-4-5-7-10(11)2/h9-11,17H,3-8H2,1-2H3. The summed E-state index contributed by atoms with van der Waals surface area (Å²) in [7, 11) is 0. The first-order chi connectivity index (χ1) is 9.13. The van der Waals surface area contributed by atoms with Crippen LogP contribution in [0.3, 0.4) is 0 Å². The summed E-state index contributed by atoms with van der Waals surface area (Å²) in [5.41, 5.74) is 0.463. The highest BCUT2D eigenvalue weighted by Crippen LogP contribution is 2.27. The van der Waals surface area contributed by atoms with Crippen molar-refractivity contribution in [1.82, 2.24) is 9.78 Å². The Morgan fingerprint density at radius 2 is 2.16 bits per heavy atom. The Bertz CT molecular complexity index is 486. The number of aryl methyl sites for hydroxylation is 1. The number of nitrogens with zero attached hydrogens (tertiary/aromatic N) is 2. The van der Waals surface area contributed by atoms with Crippen LogP contribution in [0.15, 0.2) is 11.0 Å². The molecule has 1 heterocycles. The molecule has 2 unspecified atom stereocenters. The average Bonchev–Trinajstić information content (AvgIpc) is 2.61. The van der Waals surface area contributed by atoms with Gasteiger partial charge in [0, 0.05) is 12.6 Å². The molecule has 0 radical (unpaired) electrons. The number of nitrogens with one attached hydrogen (secondary N) is 1. The van der Waals surface area contributed by atoms with Gasteiger partial charge in [-0.3, -0.25) is 4.79 Å². The van der Waals surface area contributed by atoms with Gasteiger partial charge < -0.3 is 5.32 Å². The summed E-state index contributed by atoms with van der Waals surface area (Å²) >= 11 is 6.15. The van der Waals surface area contributed by atoms with E-state index >= 15 is 0 Å². The zero-order valence-corrected chi connectivity index (χ0v) is 12.4. The summed E-state index contributed by atoms with van der Waals surface area (Å²) in [4.78, 5) is 11.9. The molecule has 0 aromatic carbocycles. The lowest BCUT2D eigenvalue weighted by Gasteiger charge is -2.24. The quantitative estimate of drug-likeness (QED) is 0.866. The number of hydrogen-bond donors (Lipinski definition) is 1. The smallest absolute Gasteiger partial charge is 0.287 e. The van der Waals surface area contributed by atoms with Crippen molar-refractivity contribution in [2.75, 3.05) is 5.32 Å². The van der Waals surface area contributed by atoms with Gasteiger partial charge in [0.1, 0.15) is 5.02 Å². The van der Waals surface area contributed by atoms with E-state index in [1.54, 1.807) is 6.20 Å². The lowest BCUT2D eigenvalue weighted by molar-refractivity contribution is 0.456. The third kappa shape index (κ3) is 3.30. The molecule has 0 bridgehead atoms. The van der Waals surface area contributed by atoms with Crippen molar-refractivity contribution in [1.29, 1.82) is 0 Å². The van der Waals surface area contributed by atoms with Gasteiger partial charge in [-0.25, -0.2) is 4.68 Å². The first-order valence-corrected chi connectivity index (χ1v) is 7.53. The second-order valence-corrected chi connectivity index (χ2v) is 5.74. The Labute approximate surface area is 119 Å². The molecule has 1 aromatic rings. The topological polar surface area (TPSA) is 46.9 Å². The van der Waals surface area contributed by atoms with E-state index in [1.807, 2.05) is 6.92 Å². The number of halogens is 1. The van der Waals surface area contributed by atoms with Crippen LogP contribution in [-0.2, 0) is 6.54 Å². The van der Waals surface area contributed by atoms with Gasteiger partial charge >= 0.3 is 0 Å². The molecule has 0 aliphatic heterocycles. The van der Waals surface area contributed by atoms with E-state index in [-0.39, 0.29) is 10.6 Å². The second kappa shape index (κ2) is 6.42. The Balaban J connectivity index is 2.18. The van der Waals surface area contributed by atoms with Crippen molar-refractivity contribution < 1.29 is 0 Å². The molecule has 4 nitrogen and oxygen atoms in total. The lowest BCUT2D eigenvalue weighted by atomic mass is 9.97. The number of aromatic nitrogens is 2. The maximum atomic E-state index is 11.9. The third-order valence-corrected chi connectivity index (χ3v) is 4.35. The largest absolute Gasteiger partial charge is 0.379 e. The van der Waals surface area contributed by atoms with Crippen LogP contribution in [0.1, 0.15) is 46.0 Å². The van der Waals surface area contributed by atoms with Crippen LogP contribution in [0, 0.1) is 5.92 Å². The second-order valence-electron chi connectivity index (χ2n) is 5.36. The number of rotatable bonds is 3. The Hall–Kier alpha value is -1.03. The minimum absolute atomic E-state index is 0.213. The van der Waals surface area contributed by atoms with E-state index in [4.69, 9.17) is 11.6 Å². The minimum Gasteiger partial charge on any atom is -0.379 e. The van der Waals surface area contributed by atoms with Crippen LogP contribution in [0.5, 0.6) is 0 Å². The molecule has 1 aromatic heterocycles. The van der Waals surface area contributed by atoms with E-state index < -0.39 is 0 Å². The molecule has 0 amide bonds. The van der Waals surface area contributed by atoms with Crippen molar-refractivity contribution in [3.63, 3.8) is 0 Å². The number of hydrogen-bond acceptors (Lipinski definition) is 3. The van der Waals surface area contributed by atoms with Gasteiger partial charge in [0.05, 0.1) is 11.9 Å². The zero-order chi connectivity index (χ0) is 13.8. The zero-order valence-electron chi connectivity index (χ0n) is 11.7. The molecule has 19 heavy (non-hydrogen) atoms. The molecule has 1 aliphatic carbocycles. The van der Waals surface area contributed by atoms with Crippen molar-refractivity contribution in [3.05, 3.63) is 21.6 Å². The summed E-state index contributed by atoms with van der Waals surface area (Å²) in [6, 6.07) is 0.388. The highest BCUT2D eigenvalue weighted by Gasteiger charge is 2.21. The lowest BCUT2D eigenvalue weighted by Crippen LogP contribution is -2.29. The highest BCUT2D eigenvalue weighted by atomic mass is 35.5. The van der Waals surface area contributed by atoms with Gasteiger partial charge in [0.15, 0.2) is 0 Å². The Morgan fingerprint density at radius 3 is 2.89 bits per heavy atom. The van der Waals surface area contributed by atoms with Crippen molar-refractivity contribution in [2.24, 2.45) is 5.92 Å². The summed E-state index contributed by atoms with van der Waals surface area (Å²) in [5, 5.41) is 7.81. The fourth-order valence-electron chi connectivity index (χ4n) is 2.70. The SMILES string of the molecule is CCn1ncc(NC2CCCCCC2C)c(Cl)c1=O. The summed E-state index contributed by atoms with van der Waals surface area (Å²) < 4.78 is 1.38. The summed E-state index contributed by atoms with van der Waals surface area (Å²) in [5.74, 6) is 0.604. The van der Waals surface area contributed by atoms with Gasteiger partial charge in [-0.1, -0.05) is 37.8 Å². The maximum Gasteiger partial charge on any atom is 0.287 e. The predicted octanol–water partition coefficient (Wildman–Crippen LogP) is 3.30. The molecule has 1 fully saturated rings. The average molecular weight is 284 g/mol. The maximum absolute atomic E-state index is 11.9. The summed E-state index contributed by atoms with van der Waals surface area (Å²) in [6.07, 6.45) is 7.86. The van der Waals surface area contributed by atoms with Crippen molar-refractivity contribution in [3.8, 4) is 0 Å². The van der Waals surface area contributed by atoms with E-state index in [9.17, 15) is 4.79 Å². The third-order valence-electron chi connectivity index (χ3n) is 3.99. The molecule has 1 saturated carbocycles. The fourth-order valence-corrected chi connectivity index (χ4v) is 2.90. The molecule has 1 aliphatic rings. The van der Waals surface area contributed by atoms with E-state index in [0.29, 0.717) is 24.2 Å². The van der Waals surface area contributed by atoms with Gasteiger partial charge in [0.25, 0.3) is 5.56 Å². The Kier molecular flexibility index (Phi) is 4.86.